The Hall–Kier alpha value is -2.04. The molecule has 5 nitrogen and oxygen atoms in total. The quantitative estimate of drug-likeness (QED) is 0.866. The van der Waals surface area contributed by atoms with Crippen LogP contribution in [0.3, 0.4) is 0 Å². The zero-order chi connectivity index (χ0) is 16.6. The molecule has 2 heterocycles. The van der Waals surface area contributed by atoms with Crippen LogP contribution in [0.4, 0.5) is 4.79 Å². The van der Waals surface area contributed by atoms with Gasteiger partial charge in [0.2, 0.25) is 0 Å². The fourth-order valence-electron chi connectivity index (χ4n) is 3.36. The maximum absolute atomic E-state index is 12.1. The third-order valence-corrected chi connectivity index (χ3v) is 4.47. The summed E-state index contributed by atoms with van der Waals surface area (Å²) in [5.41, 5.74) is 2.73. The van der Waals surface area contributed by atoms with Gasteiger partial charge in [0.15, 0.2) is 0 Å². The number of amides is 2. The molecule has 1 N–H and O–H groups in total. The second-order valence-electron chi connectivity index (χ2n) is 7.30. The molecule has 0 unspecified atom stereocenters. The van der Waals surface area contributed by atoms with Crippen LogP contribution in [0, 0.1) is 0 Å². The minimum absolute atomic E-state index is 0.0213. The van der Waals surface area contributed by atoms with Crippen molar-refractivity contribution in [2.75, 3.05) is 13.1 Å². The van der Waals surface area contributed by atoms with Crippen LogP contribution >= 0.6 is 0 Å². The Morgan fingerprint density at radius 1 is 1.26 bits per heavy atom. The van der Waals surface area contributed by atoms with Gasteiger partial charge in [0, 0.05) is 25.2 Å². The van der Waals surface area contributed by atoms with E-state index in [1.54, 1.807) is 4.90 Å². The first-order valence-electron chi connectivity index (χ1n) is 8.23. The van der Waals surface area contributed by atoms with E-state index in [9.17, 15) is 9.59 Å². The highest BCUT2D eigenvalue weighted by molar-refractivity contribution is 5.98. The van der Waals surface area contributed by atoms with Crippen molar-refractivity contribution in [3.63, 3.8) is 0 Å². The highest BCUT2D eigenvalue weighted by Crippen LogP contribution is 2.33. The predicted molar refractivity (Wildman–Crippen MR) is 87.4 cm³/mol. The van der Waals surface area contributed by atoms with Gasteiger partial charge >= 0.3 is 6.09 Å². The lowest BCUT2D eigenvalue weighted by molar-refractivity contribution is 0.0204. The van der Waals surface area contributed by atoms with E-state index >= 15 is 0 Å². The van der Waals surface area contributed by atoms with E-state index in [1.165, 1.54) is 5.56 Å². The first-order valence-corrected chi connectivity index (χ1v) is 8.23. The summed E-state index contributed by atoms with van der Waals surface area (Å²) in [6, 6.07) is 5.96. The molecule has 0 atom stereocenters. The van der Waals surface area contributed by atoms with Crippen molar-refractivity contribution in [2.45, 2.75) is 51.7 Å². The Bertz CT molecular complexity index is 626. The summed E-state index contributed by atoms with van der Waals surface area (Å²) in [6.45, 7) is 7.67. The van der Waals surface area contributed by atoms with Gasteiger partial charge in [-0.2, -0.15) is 0 Å². The summed E-state index contributed by atoms with van der Waals surface area (Å²) < 4.78 is 5.44. The van der Waals surface area contributed by atoms with Crippen LogP contribution in [0.2, 0.25) is 0 Å². The molecule has 2 aliphatic heterocycles. The number of ether oxygens (including phenoxy) is 1. The smallest absolute Gasteiger partial charge is 0.410 e. The number of benzene rings is 1. The van der Waals surface area contributed by atoms with Gasteiger partial charge in [-0.05, 0) is 56.7 Å². The summed E-state index contributed by atoms with van der Waals surface area (Å²) in [4.78, 5) is 25.7. The molecule has 2 amide bonds. The minimum atomic E-state index is -0.458. The Morgan fingerprint density at radius 3 is 2.61 bits per heavy atom. The molecule has 0 radical (unpaired) electrons. The lowest BCUT2D eigenvalue weighted by Crippen LogP contribution is -2.41. The van der Waals surface area contributed by atoms with E-state index in [0.29, 0.717) is 25.6 Å². The van der Waals surface area contributed by atoms with E-state index in [-0.39, 0.29) is 12.0 Å². The molecular weight excluding hydrogens is 292 g/mol. The number of nitrogens with zero attached hydrogens (tertiary/aromatic N) is 1. The summed E-state index contributed by atoms with van der Waals surface area (Å²) in [5, 5.41) is 2.89. The summed E-state index contributed by atoms with van der Waals surface area (Å²) in [5.74, 6) is 0.421. The molecule has 0 saturated carbocycles. The molecule has 1 saturated heterocycles. The average molecular weight is 316 g/mol. The number of fused-ring (bicyclic) bond motifs is 1. The van der Waals surface area contributed by atoms with Gasteiger partial charge in [-0.3, -0.25) is 4.79 Å². The van der Waals surface area contributed by atoms with Crippen LogP contribution in [0.1, 0.15) is 61.0 Å². The van der Waals surface area contributed by atoms with Crippen LogP contribution in [0.5, 0.6) is 0 Å². The van der Waals surface area contributed by atoms with E-state index < -0.39 is 5.60 Å². The Labute approximate surface area is 137 Å². The third-order valence-electron chi connectivity index (χ3n) is 4.47. The van der Waals surface area contributed by atoms with Crippen molar-refractivity contribution in [3.05, 3.63) is 34.9 Å². The van der Waals surface area contributed by atoms with E-state index in [1.807, 2.05) is 32.9 Å². The number of hydrogen-bond donors (Lipinski definition) is 1. The molecule has 0 spiro atoms. The zero-order valence-electron chi connectivity index (χ0n) is 14.0. The number of nitrogens with one attached hydrogen (secondary N) is 1. The molecule has 2 aliphatic rings. The number of piperidine rings is 1. The van der Waals surface area contributed by atoms with Crippen LogP contribution in [-0.4, -0.2) is 35.6 Å². The molecule has 0 bridgehead atoms. The van der Waals surface area contributed by atoms with Crippen LogP contribution in [0.25, 0.3) is 0 Å². The predicted octanol–water partition coefficient (Wildman–Crippen LogP) is 3.04. The molecule has 0 aromatic heterocycles. The van der Waals surface area contributed by atoms with Crippen LogP contribution in [0.15, 0.2) is 18.2 Å². The number of hydrogen-bond acceptors (Lipinski definition) is 3. The van der Waals surface area contributed by atoms with E-state index in [0.717, 1.165) is 24.0 Å². The molecule has 1 fully saturated rings. The van der Waals surface area contributed by atoms with Gasteiger partial charge in [0.1, 0.15) is 5.60 Å². The normalized spacial score (nSPS) is 18.6. The minimum Gasteiger partial charge on any atom is -0.444 e. The molecule has 1 aromatic rings. The Morgan fingerprint density at radius 2 is 1.96 bits per heavy atom. The Kier molecular flexibility index (Phi) is 4.04. The van der Waals surface area contributed by atoms with Gasteiger partial charge in [-0.25, -0.2) is 4.79 Å². The van der Waals surface area contributed by atoms with Gasteiger partial charge in [0.05, 0.1) is 0 Å². The number of carbonyl (C=O) groups excluding carboxylic acids is 2. The van der Waals surface area contributed by atoms with E-state index in [2.05, 4.69) is 11.4 Å². The lowest BCUT2D eigenvalue weighted by atomic mass is 9.85. The van der Waals surface area contributed by atoms with Crippen molar-refractivity contribution >= 4 is 12.0 Å². The topological polar surface area (TPSA) is 58.6 Å². The van der Waals surface area contributed by atoms with Gasteiger partial charge < -0.3 is 15.0 Å². The van der Waals surface area contributed by atoms with Crippen molar-refractivity contribution in [3.8, 4) is 0 Å². The SMILES string of the molecule is CC(C)(C)OC(=O)N1CCC(c2cccc3c2CNC3=O)CC1. The second kappa shape index (κ2) is 5.87. The monoisotopic (exact) mass is 316 g/mol. The maximum Gasteiger partial charge on any atom is 0.410 e. The first-order chi connectivity index (χ1) is 10.8. The summed E-state index contributed by atoms with van der Waals surface area (Å²) in [6.07, 6.45) is 1.58. The van der Waals surface area contributed by atoms with Crippen LogP contribution < -0.4 is 5.32 Å². The molecule has 23 heavy (non-hydrogen) atoms. The van der Waals surface area contributed by atoms with Crippen molar-refractivity contribution in [1.29, 1.82) is 0 Å². The highest BCUT2D eigenvalue weighted by atomic mass is 16.6. The molecule has 1 aromatic carbocycles. The van der Waals surface area contributed by atoms with Gasteiger partial charge in [-0.15, -0.1) is 0 Å². The zero-order valence-corrected chi connectivity index (χ0v) is 14.0. The van der Waals surface area contributed by atoms with E-state index in [4.69, 9.17) is 4.74 Å². The molecule has 3 rings (SSSR count). The summed E-state index contributed by atoms with van der Waals surface area (Å²) in [7, 11) is 0. The van der Waals surface area contributed by atoms with Crippen LogP contribution in [-0.2, 0) is 11.3 Å². The number of likely N-dealkylation sites (tertiary alicyclic amines) is 1. The van der Waals surface area contributed by atoms with Crippen molar-refractivity contribution in [2.24, 2.45) is 0 Å². The lowest BCUT2D eigenvalue weighted by Gasteiger charge is -2.34. The standard InChI is InChI=1S/C18H24N2O3/c1-18(2,3)23-17(22)20-9-7-12(8-10-20)13-5-4-6-14-15(13)11-19-16(14)21/h4-6,12H,7-11H2,1-3H3,(H,19,21). The molecule has 124 valence electrons. The average Bonchev–Trinajstić information content (AvgIpc) is 2.87. The van der Waals surface area contributed by atoms with Gasteiger partial charge in [-0.1, -0.05) is 12.1 Å². The second-order valence-corrected chi connectivity index (χ2v) is 7.30. The summed E-state index contributed by atoms with van der Waals surface area (Å²) >= 11 is 0. The fraction of sp³-hybridized carbons (Fsp3) is 0.556. The van der Waals surface area contributed by atoms with Crippen molar-refractivity contribution < 1.29 is 14.3 Å². The highest BCUT2D eigenvalue weighted by Gasteiger charge is 2.30. The van der Waals surface area contributed by atoms with Crippen molar-refractivity contribution in [1.82, 2.24) is 10.2 Å². The molecule has 5 heteroatoms. The number of carbonyl (C=O) groups is 2. The third kappa shape index (κ3) is 3.33. The maximum atomic E-state index is 12.1. The molecule has 0 aliphatic carbocycles. The Balaban J connectivity index is 1.66. The first kappa shape index (κ1) is 15.8. The van der Waals surface area contributed by atoms with Gasteiger partial charge in [0.25, 0.3) is 5.91 Å². The largest absolute Gasteiger partial charge is 0.444 e. The molecular formula is C18H24N2O3. The number of rotatable bonds is 1. The fourth-order valence-corrected chi connectivity index (χ4v) is 3.36.